The minimum atomic E-state index is -0.317. The van der Waals surface area contributed by atoms with Gasteiger partial charge in [0.05, 0.1) is 13.2 Å². The Hall–Kier alpha value is -2.08. The van der Waals surface area contributed by atoms with Crippen molar-refractivity contribution < 1.29 is 14.3 Å². The molecular weight excluding hydrogens is 306 g/mol. The molecule has 0 radical (unpaired) electrons. The van der Waals surface area contributed by atoms with Gasteiger partial charge in [0.25, 0.3) is 0 Å². The topological polar surface area (TPSA) is 53.1 Å². The van der Waals surface area contributed by atoms with E-state index in [4.69, 9.17) is 4.74 Å². The number of nitrogens with zero attached hydrogens (tertiary/aromatic N) is 3. The lowest BCUT2D eigenvalue weighted by Gasteiger charge is -2.39. The number of benzene rings is 1. The molecule has 0 saturated carbocycles. The number of methoxy groups -OCH3 is 1. The van der Waals surface area contributed by atoms with Gasteiger partial charge in [0.2, 0.25) is 5.91 Å². The lowest BCUT2D eigenvalue weighted by Crippen LogP contribution is -2.55. The molecule has 1 saturated heterocycles. The summed E-state index contributed by atoms with van der Waals surface area (Å²) in [5.41, 5.74) is 2.71. The van der Waals surface area contributed by atoms with Crippen LogP contribution in [0.5, 0.6) is 0 Å². The molecule has 1 atom stereocenters. The van der Waals surface area contributed by atoms with Crippen molar-refractivity contribution in [2.75, 3.05) is 39.8 Å². The molecule has 2 heterocycles. The highest BCUT2D eigenvalue weighted by Gasteiger charge is 2.31. The summed E-state index contributed by atoms with van der Waals surface area (Å²) in [7, 11) is 1.39. The van der Waals surface area contributed by atoms with Crippen LogP contribution >= 0.6 is 0 Å². The summed E-state index contributed by atoms with van der Waals surface area (Å²) in [5.74, 6) is 0.152. The number of piperazine rings is 1. The normalized spacial score (nSPS) is 19.6. The summed E-state index contributed by atoms with van der Waals surface area (Å²) >= 11 is 0. The maximum atomic E-state index is 12.8. The molecule has 0 unspecified atom stereocenters. The van der Waals surface area contributed by atoms with Crippen LogP contribution in [0.3, 0.4) is 0 Å². The number of carbonyl (C=O) groups is 2. The molecule has 24 heavy (non-hydrogen) atoms. The first-order valence-corrected chi connectivity index (χ1v) is 8.52. The van der Waals surface area contributed by atoms with Crippen LogP contribution in [0.25, 0.3) is 0 Å². The summed E-state index contributed by atoms with van der Waals surface area (Å²) in [4.78, 5) is 30.1. The van der Waals surface area contributed by atoms with Crippen molar-refractivity contribution >= 4 is 12.0 Å². The number of hydrogen-bond acceptors (Lipinski definition) is 4. The van der Waals surface area contributed by atoms with Gasteiger partial charge in [-0.2, -0.15) is 0 Å². The zero-order valence-electron chi connectivity index (χ0n) is 14.4. The zero-order chi connectivity index (χ0) is 17.1. The highest BCUT2D eigenvalue weighted by molar-refractivity contribution is 5.82. The van der Waals surface area contributed by atoms with Crippen LogP contribution in [-0.2, 0) is 22.5 Å². The average molecular weight is 331 g/mol. The Morgan fingerprint density at radius 2 is 1.62 bits per heavy atom. The van der Waals surface area contributed by atoms with Crippen LogP contribution in [-0.4, -0.2) is 72.6 Å². The molecule has 0 aromatic heterocycles. The van der Waals surface area contributed by atoms with E-state index in [2.05, 4.69) is 29.2 Å². The quantitative estimate of drug-likeness (QED) is 0.821. The molecule has 2 aliphatic rings. The average Bonchev–Trinajstić information content (AvgIpc) is 2.66. The molecule has 0 N–H and O–H groups in total. The second-order valence-corrected chi connectivity index (χ2v) is 6.45. The minimum Gasteiger partial charge on any atom is -0.453 e. The van der Waals surface area contributed by atoms with E-state index in [1.165, 1.54) is 18.2 Å². The molecule has 3 rings (SSSR count). The Kier molecular flexibility index (Phi) is 5.04. The lowest BCUT2D eigenvalue weighted by atomic mass is 9.98. The standard InChI is InChI=1S/C18H25N3O3/c1-14(21-8-7-15-5-3-4-6-16(15)13-21)17(22)19-9-11-20(12-10-19)18(23)24-2/h3-6,14H,7-13H2,1-2H3/t14-/m0/s1. The minimum absolute atomic E-state index is 0.136. The predicted octanol–water partition coefficient (Wildman–Crippen LogP) is 1.34. The van der Waals surface area contributed by atoms with E-state index < -0.39 is 0 Å². The van der Waals surface area contributed by atoms with Crippen molar-refractivity contribution in [3.8, 4) is 0 Å². The molecule has 130 valence electrons. The van der Waals surface area contributed by atoms with E-state index in [9.17, 15) is 9.59 Å². The van der Waals surface area contributed by atoms with E-state index >= 15 is 0 Å². The second kappa shape index (κ2) is 7.21. The van der Waals surface area contributed by atoms with Gasteiger partial charge in [0.15, 0.2) is 0 Å². The van der Waals surface area contributed by atoms with Crippen LogP contribution in [0, 0.1) is 0 Å². The summed E-state index contributed by atoms with van der Waals surface area (Å²) in [6, 6.07) is 8.31. The highest BCUT2D eigenvalue weighted by atomic mass is 16.5. The number of ether oxygens (including phenoxy) is 1. The molecule has 6 nitrogen and oxygen atoms in total. The SMILES string of the molecule is COC(=O)N1CCN(C(=O)[C@H](C)N2CCc3ccccc3C2)CC1. The van der Waals surface area contributed by atoms with Gasteiger partial charge in [-0.25, -0.2) is 4.79 Å². The van der Waals surface area contributed by atoms with Crippen molar-refractivity contribution in [2.24, 2.45) is 0 Å². The van der Waals surface area contributed by atoms with Crippen LogP contribution < -0.4 is 0 Å². The molecule has 0 bridgehead atoms. The van der Waals surface area contributed by atoms with E-state index in [0.29, 0.717) is 26.2 Å². The van der Waals surface area contributed by atoms with Crippen molar-refractivity contribution in [3.63, 3.8) is 0 Å². The van der Waals surface area contributed by atoms with Gasteiger partial charge in [-0.1, -0.05) is 24.3 Å². The smallest absolute Gasteiger partial charge is 0.409 e. The van der Waals surface area contributed by atoms with Crippen LogP contribution in [0.15, 0.2) is 24.3 Å². The Labute approximate surface area is 143 Å². The van der Waals surface area contributed by atoms with Crippen molar-refractivity contribution in [1.29, 1.82) is 0 Å². The first kappa shape index (κ1) is 16.8. The molecule has 2 amide bonds. The van der Waals surface area contributed by atoms with Gasteiger partial charge in [-0.15, -0.1) is 0 Å². The Morgan fingerprint density at radius 3 is 2.29 bits per heavy atom. The van der Waals surface area contributed by atoms with Crippen LogP contribution in [0.4, 0.5) is 4.79 Å². The first-order chi connectivity index (χ1) is 11.6. The van der Waals surface area contributed by atoms with Crippen LogP contribution in [0.1, 0.15) is 18.1 Å². The molecule has 6 heteroatoms. The van der Waals surface area contributed by atoms with Gasteiger partial charge in [-0.05, 0) is 24.5 Å². The van der Waals surface area contributed by atoms with Crippen molar-refractivity contribution in [3.05, 3.63) is 35.4 Å². The Balaban J connectivity index is 1.57. The van der Waals surface area contributed by atoms with Gasteiger partial charge < -0.3 is 14.5 Å². The number of rotatable bonds is 2. The molecule has 0 aliphatic carbocycles. The number of amides is 2. The van der Waals surface area contributed by atoms with Crippen LogP contribution in [0.2, 0.25) is 0 Å². The maximum absolute atomic E-state index is 12.8. The third-order valence-corrected chi connectivity index (χ3v) is 5.09. The van der Waals surface area contributed by atoms with Gasteiger partial charge in [0.1, 0.15) is 0 Å². The fourth-order valence-corrected chi connectivity index (χ4v) is 3.51. The molecule has 2 aliphatic heterocycles. The summed E-state index contributed by atoms with van der Waals surface area (Å²) in [5, 5.41) is 0. The third-order valence-electron chi connectivity index (χ3n) is 5.09. The summed E-state index contributed by atoms with van der Waals surface area (Å²) in [6.45, 7) is 5.94. The van der Waals surface area contributed by atoms with Gasteiger partial charge in [0, 0.05) is 39.3 Å². The van der Waals surface area contributed by atoms with Crippen molar-refractivity contribution in [2.45, 2.75) is 25.9 Å². The largest absolute Gasteiger partial charge is 0.453 e. The predicted molar refractivity (Wildman–Crippen MR) is 90.6 cm³/mol. The monoisotopic (exact) mass is 331 g/mol. The van der Waals surface area contributed by atoms with Gasteiger partial charge >= 0.3 is 6.09 Å². The highest BCUT2D eigenvalue weighted by Crippen LogP contribution is 2.21. The lowest BCUT2D eigenvalue weighted by molar-refractivity contribution is -0.138. The fraction of sp³-hybridized carbons (Fsp3) is 0.556. The Morgan fingerprint density at radius 1 is 1.00 bits per heavy atom. The van der Waals surface area contributed by atoms with E-state index in [0.717, 1.165) is 19.5 Å². The van der Waals surface area contributed by atoms with E-state index in [1.54, 1.807) is 4.90 Å². The maximum Gasteiger partial charge on any atom is 0.409 e. The molecule has 1 aromatic rings. The number of carbonyl (C=O) groups excluding carboxylic acids is 2. The van der Waals surface area contributed by atoms with Crippen molar-refractivity contribution in [1.82, 2.24) is 14.7 Å². The molecular formula is C18H25N3O3. The van der Waals surface area contributed by atoms with E-state index in [1.807, 2.05) is 11.8 Å². The summed E-state index contributed by atoms with van der Waals surface area (Å²) < 4.78 is 4.74. The molecule has 0 spiro atoms. The summed E-state index contributed by atoms with van der Waals surface area (Å²) in [6.07, 6.45) is 0.673. The number of fused-ring (bicyclic) bond motifs is 1. The van der Waals surface area contributed by atoms with Gasteiger partial charge in [-0.3, -0.25) is 9.69 Å². The fourth-order valence-electron chi connectivity index (χ4n) is 3.51. The first-order valence-electron chi connectivity index (χ1n) is 8.52. The Bertz CT molecular complexity index is 611. The number of hydrogen-bond donors (Lipinski definition) is 0. The molecule has 1 aromatic carbocycles. The third kappa shape index (κ3) is 3.38. The van der Waals surface area contributed by atoms with E-state index in [-0.39, 0.29) is 18.0 Å². The molecule has 1 fully saturated rings. The second-order valence-electron chi connectivity index (χ2n) is 6.45. The zero-order valence-corrected chi connectivity index (χ0v) is 14.4.